The number of aromatic nitrogens is 1. The van der Waals surface area contributed by atoms with Crippen LogP contribution in [0.25, 0.3) is 10.2 Å². The molecule has 0 bridgehead atoms. The monoisotopic (exact) mass is 305 g/mol. The minimum Gasteiger partial charge on any atom is -0.397 e. The molecule has 3 rings (SSSR count). The minimum atomic E-state index is -0.846. The predicted molar refractivity (Wildman–Crippen MR) is 78.3 cm³/mol. The van der Waals surface area contributed by atoms with E-state index in [-0.39, 0.29) is 10.6 Å². The molecule has 2 heterocycles. The number of thiophene rings is 1. The van der Waals surface area contributed by atoms with Crippen molar-refractivity contribution in [1.82, 2.24) is 4.98 Å². The van der Waals surface area contributed by atoms with Gasteiger partial charge in [0.2, 0.25) is 0 Å². The van der Waals surface area contributed by atoms with Crippen LogP contribution >= 0.6 is 11.3 Å². The second-order valence-electron chi connectivity index (χ2n) is 4.25. The van der Waals surface area contributed by atoms with E-state index in [9.17, 15) is 13.6 Å². The zero-order valence-corrected chi connectivity index (χ0v) is 11.4. The van der Waals surface area contributed by atoms with Gasteiger partial charge in [-0.05, 0) is 24.3 Å². The number of benzene rings is 1. The van der Waals surface area contributed by atoms with Crippen molar-refractivity contribution in [3.8, 4) is 0 Å². The first kappa shape index (κ1) is 13.4. The minimum absolute atomic E-state index is 0.173. The number of para-hydroxylation sites is 1. The maximum absolute atomic E-state index is 13.5. The van der Waals surface area contributed by atoms with E-state index >= 15 is 0 Å². The highest BCUT2D eigenvalue weighted by atomic mass is 32.1. The van der Waals surface area contributed by atoms with E-state index in [1.54, 1.807) is 18.3 Å². The van der Waals surface area contributed by atoms with Crippen LogP contribution in [0.2, 0.25) is 0 Å². The number of hydrogen-bond acceptors (Lipinski definition) is 4. The zero-order valence-electron chi connectivity index (χ0n) is 10.6. The van der Waals surface area contributed by atoms with Gasteiger partial charge in [-0.25, -0.2) is 13.8 Å². The molecule has 0 fully saturated rings. The summed E-state index contributed by atoms with van der Waals surface area (Å²) < 4.78 is 27.1. The quantitative estimate of drug-likeness (QED) is 0.762. The molecule has 0 unspecified atom stereocenters. The summed E-state index contributed by atoms with van der Waals surface area (Å²) in [6.07, 6.45) is 1.58. The highest BCUT2D eigenvalue weighted by Gasteiger charge is 2.19. The fraction of sp³-hybridized carbons (Fsp3) is 0. The first-order valence-corrected chi connectivity index (χ1v) is 6.78. The van der Waals surface area contributed by atoms with Gasteiger partial charge in [0, 0.05) is 11.6 Å². The fourth-order valence-corrected chi connectivity index (χ4v) is 2.87. The number of pyridine rings is 1. The average Bonchev–Trinajstić information content (AvgIpc) is 2.81. The third-order valence-corrected chi connectivity index (χ3v) is 4.04. The fourth-order valence-electron chi connectivity index (χ4n) is 1.91. The van der Waals surface area contributed by atoms with E-state index in [4.69, 9.17) is 5.73 Å². The van der Waals surface area contributed by atoms with E-state index in [1.807, 2.05) is 0 Å². The van der Waals surface area contributed by atoms with Gasteiger partial charge in [-0.3, -0.25) is 4.79 Å². The molecule has 4 nitrogen and oxygen atoms in total. The van der Waals surface area contributed by atoms with Crippen molar-refractivity contribution >= 4 is 38.8 Å². The number of nitrogens with two attached hydrogens (primary N) is 1. The van der Waals surface area contributed by atoms with Gasteiger partial charge >= 0.3 is 0 Å². The predicted octanol–water partition coefficient (Wildman–Crippen LogP) is 3.41. The van der Waals surface area contributed by atoms with Gasteiger partial charge in [-0.2, -0.15) is 0 Å². The van der Waals surface area contributed by atoms with E-state index in [2.05, 4.69) is 10.3 Å². The van der Waals surface area contributed by atoms with Crippen molar-refractivity contribution in [3.63, 3.8) is 0 Å². The standard InChI is InChI=1S/C14H9F2N3OS/c15-8-4-1-5-9(16)11(8)19-13(20)12-10(17)7-3-2-6-18-14(7)21-12/h1-6H,17H2,(H,19,20). The Labute approximate surface area is 122 Å². The molecule has 0 saturated heterocycles. The number of halogens is 2. The Hall–Kier alpha value is -2.54. The molecule has 21 heavy (non-hydrogen) atoms. The van der Waals surface area contributed by atoms with Gasteiger partial charge in [0.15, 0.2) is 0 Å². The maximum Gasteiger partial charge on any atom is 0.268 e. The summed E-state index contributed by atoms with van der Waals surface area (Å²) in [6, 6.07) is 6.78. The zero-order chi connectivity index (χ0) is 15.0. The molecule has 0 saturated carbocycles. The summed E-state index contributed by atoms with van der Waals surface area (Å²) in [5.41, 5.74) is 5.65. The number of amides is 1. The number of anilines is 2. The summed E-state index contributed by atoms with van der Waals surface area (Å²) in [7, 11) is 0. The lowest BCUT2D eigenvalue weighted by Crippen LogP contribution is -2.14. The van der Waals surface area contributed by atoms with Gasteiger partial charge in [0.05, 0.1) is 5.69 Å². The number of carbonyl (C=O) groups excluding carboxylic acids is 1. The van der Waals surface area contributed by atoms with Crippen LogP contribution in [-0.4, -0.2) is 10.9 Å². The Morgan fingerprint density at radius 1 is 1.19 bits per heavy atom. The van der Waals surface area contributed by atoms with Crippen molar-refractivity contribution < 1.29 is 13.6 Å². The lowest BCUT2D eigenvalue weighted by atomic mass is 10.2. The number of hydrogen-bond donors (Lipinski definition) is 2. The van der Waals surface area contributed by atoms with Crippen molar-refractivity contribution in [2.75, 3.05) is 11.1 Å². The Morgan fingerprint density at radius 3 is 2.57 bits per heavy atom. The highest BCUT2D eigenvalue weighted by Crippen LogP contribution is 2.32. The smallest absolute Gasteiger partial charge is 0.268 e. The van der Waals surface area contributed by atoms with E-state index in [0.717, 1.165) is 23.5 Å². The van der Waals surface area contributed by atoms with Crippen LogP contribution in [0.3, 0.4) is 0 Å². The molecular weight excluding hydrogens is 296 g/mol. The van der Waals surface area contributed by atoms with Crippen LogP contribution in [0, 0.1) is 11.6 Å². The molecule has 0 atom stereocenters. The van der Waals surface area contributed by atoms with Gasteiger partial charge < -0.3 is 11.1 Å². The van der Waals surface area contributed by atoms with Crippen molar-refractivity contribution in [1.29, 1.82) is 0 Å². The Morgan fingerprint density at radius 2 is 1.90 bits per heavy atom. The summed E-state index contributed by atoms with van der Waals surface area (Å²) in [4.78, 5) is 17.0. The largest absolute Gasteiger partial charge is 0.397 e. The van der Waals surface area contributed by atoms with Crippen LogP contribution < -0.4 is 11.1 Å². The van der Waals surface area contributed by atoms with E-state index in [0.29, 0.717) is 10.2 Å². The Bertz CT molecular complexity index is 827. The van der Waals surface area contributed by atoms with Crippen LogP contribution in [0.5, 0.6) is 0 Å². The Kier molecular flexibility index (Phi) is 3.26. The first-order chi connectivity index (χ1) is 10.1. The normalized spacial score (nSPS) is 10.8. The van der Waals surface area contributed by atoms with Crippen molar-refractivity contribution in [2.45, 2.75) is 0 Å². The van der Waals surface area contributed by atoms with Gasteiger partial charge in [0.25, 0.3) is 5.91 Å². The van der Waals surface area contributed by atoms with Crippen molar-refractivity contribution in [2.24, 2.45) is 0 Å². The summed E-state index contributed by atoms with van der Waals surface area (Å²) >= 11 is 1.07. The maximum atomic E-state index is 13.5. The molecule has 3 N–H and O–H groups in total. The van der Waals surface area contributed by atoms with Crippen LogP contribution in [0.4, 0.5) is 20.2 Å². The molecule has 0 aliphatic heterocycles. The Balaban J connectivity index is 2.00. The second kappa shape index (κ2) is 5.10. The molecule has 1 aromatic carbocycles. The second-order valence-corrected chi connectivity index (χ2v) is 5.25. The van der Waals surface area contributed by atoms with Crippen LogP contribution in [-0.2, 0) is 0 Å². The SMILES string of the molecule is Nc1c(C(=O)Nc2c(F)cccc2F)sc2ncccc12. The number of rotatable bonds is 2. The number of carbonyl (C=O) groups is 1. The lowest BCUT2D eigenvalue weighted by Gasteiger charge is -2.06. The molecule has 106 valence electrons. The lowest BCUT2D eigenvalue weighted by molar-refractivity contribution is 0.103. The number of fused-ring (bicyclic) bond motifs is 1. The average molecular weight is 305 g/mol. The number of nitrogens with zero attached hydrogens (tertiary/aromatic N) is 1. The molecule has 1 amide bonds. The van der Waals surface area contributed by atoms with Crippen LogP contribution in [0.15, 0.2) is 36.5 Å². The summed E-state index contributed by atoms with van der Waals surface area (Å²) in [5, 5.41) is 2.85. The van der Waals surface area contributed by atoms with Crippen molar-refractivity contribution in [3.05, 3.63) is 53.0 Å². The number of nitrogens with one attached hydrogen (secondary N) is 1. The molecule has 3 aromatic rings. The molecule has 7 heteroatoms. The molecule has 0 spiro atoms. The third kappa shape index (κ3) is 2.31. The number of nitrogen functional groups attached to an aromatic ring is 1. The van der Waals surface area contributed by atoms with E-state index in [1.165, 1.54) is 6.07 Å². The molecule has 0 aliphatic carbocycles. The first-order valence-electron chi connectivity index (χ1n) is 5.96. The molecule has 0 aliphatic rings. The molecular formula is C14H9F2N3OS. The third-order valence-electron chi connectivity index (χ3n) is 2.91. The van der Waals surface area contributed by atoms with E-state index < -0.39 is 23.2 Å². The molecule has 2 aromatic heterocycles. The van der Waals surface area contributed by atoms with Crippen LogP contribution in [0.1, 0.15) is 9.67 Å². The summed E-state index contributed by atoms with van der Waals surface area (Å²) in [5.74, 6) is -2.36. The van der Waals surface area contributed by atoms with Gasteiger partial charge in [-0.15, -0.1) is 11.3 Å². The van der Waals surface area contributed by atoms with Gasteiger partial charge in [0.1, 0.15) is 27.0 Å². The topological polar surface area (TPSA) is 68.0 Å². The summed E-state index contributed by atoms with van der Waals surface area (Å²) in [6.45, 7) is 0. The van der Waals surface area contributed by atoms with Gasteiger partial charge in [-0.1, -0.05) is 6.07 Å². The molecule has 0 radical (unpaired) electrons. The highest BCUT2D eigenvalue weighted by molar-refractivity contribution is 7.21.